The van der Waals surface area contributed by atoms with E-state index in [0.29, 0.717) is 32.1 Å². The van der Waals surface area contributed by atoms with E-state index in [1.807, 2.05) is 18.2 Å². The molecule has 0 bridgehead atoms. The molecule has 118 valence electrons. The number of likely N-dealkylation sites (tertiary alicyclic amines) is 1. The van der Waals surface area contributed by atoms with Gasteiger partial charge in [-0.25, -0.2) is 0 Å². The summed E-state index contributed by atoms with van der Waals surface area (Å²) in [6.45, 7) is 2.14. The van der Waals surface area contributed by atoms with Crippen molar-refractivity contribution in [3.63, 3.8) is 0 Å². The molecule has 2 heterocycles. The third-order valence-corrected chi connectivity index (χ3v) is 3.93. The molecule has 0 radical (unpaired) electrons. The number of carbonyl (C=O) groups excluding carboxylic acids is 2. The van der Waals surface area contributed by atoms with E-state index in [2.05, 4.69) is 0 Å². The Morgan fingerprint density at radius 1 is 1.32 bits per heavy atom. The van der Waals surface area contributed by atoms with Crippen LogP contribution in [-0.2, 0) is 20.9 Å². The molecule has 1 atom stereocenters. The van der Waals surface area contributed by atoms with Gasteiger partial charge in [0.2, 0.25) is 5.91 Å². The van der Waals surface area contributed by atoms with Crippen LogP contribution in [-0.4, -0.2) is 43.6 Å². The highest BCUT2D eigenvalue weighted by Crippen LogP contribution is 2.31. The van der Waals surface area contributed by atoms with Crippen molar-refractivity contribution in [1.29, 1.82) is 0 Å². The molecule has 0 N–H and O–H groups in total. The van der Waals surface area contributed by atoms with Crippen LogP contribution in [0.25, 0.3) is 0 Å². The maximum Gasteiger partial charge on any atom is 0.310 e. The number of esters is 1. The average molecular weight is 305 g/mol. The van der Waals surface area contributed by atoms with Crippen molar-refractivity contribution in [2.45, 2.75) is 19.4 Å². The van der Waals surface area contributed by atoms with Crippen LogP contribution in [0.15, 0.2) is 18.2 Å². The molecule has 0 spiro atoms. The van der Waals surface area contributed by atoms with E-state index in [-0.39, 0.29) is 24.2 Å². The first-order valence-electron chi connectivity index (χ1n) is 7.41. The third kappa shape index (κ3) is 3.00. The zero-order chi connectivity index (χ0) is 15.5. The van der Waals surface area contributed by atoms with Gasteiger partial charge in [0.15, 0.2) is 11.5 Å². The summed E-state index contributed by atoms with van der Waals surface area (Å²) in [6.07, 6.45) is 1.08. The maximum absolute atomic E-state index is 12.0. The molecular weight excluding hydrogens is 286 g/mol. The molecule has 1 aromatic carbocycles. The van der Waals surface area contributed by atoms with E-state index in [1.54, 1.807) is 4.90 Å². The van der Waals surface area contributed by atoms with Gasteiger partial charge in [-0.15, -0.1) is 0 Å². The van der Waals surface area contributed by atoms with E-state index in [9.17, 15) is 9.59 Å². The number of amides is 1. The van der Waals surface area contributed by atoms with Crippen molar-refractivity contribution < 1.29 is 23.8 Å². The highest BCUT2D eigenvalue weighted by Gasteiger charge is 2.34. The molecule has 1 fully saturated rings. The molecular formula is C16H19NO5. The molecule has 1 aromatic rings. The van der Waals surface area contributed by atoms with E-state index < -0.39 is 0 Å². The number of benzene rings is 1. The molecule has 0 aromatic heterocycles. The predicted octanol–water partition coefficient (Wildman–Crippen LogP) is 1.37. The summed E-state index contributed by atoms with van der Waals surface area (Å²) in [4.78, 5) is 25.2. The molecule has 0 aliphatic carbocycles. The molecule has 2 aliphatic heterocycles. The third-order valence-electron chi connectivity index (χ3n) is 3.93. The van der Waals surface area contributed by atoms with Gasteiger partial charge in [-0.3, -0.25) is 9.59 Å². The summed E-state index contributed by atoms with van der Waals surface area (Å²) < 4.78 is 16.0. The van der Waals surface area contributed by atoms with Crippen molar-refractivity contribution >= 4 is 11.9 Å². The fourth-order valence-corrected chi connectivity index (χ4v) is 2.78. The number of hydrogen-bond donors (Lipinski definition) is 0. The van der Waals surface area contributed by atoms with E-state index in [0.717, 1.165) is 17.7 Å². The lowest BCUT2D eigenvalue weighted by Crippen LogP contribution is -2.26. The number of fused-ring (bicyclic) bond motifs is 1. The van der Waals surface area contributed by atoms with Crippen LogP contribution in [0.2, 0.25) is 0 Å². The summed E-state index contributed by atoms with van der Waals surface area (Å²) >= 11 is 0. The Kier molecular flexibility index (Phi) is 4.18. The lowest BCUT2D eigenvalue weighted by molar-refractivity contribution is -0.145. The Balaban J connectivity index is 1.70. The molecule has 22 heavy (non-hydrogen) atoms. The molecule has 6 nitrogen and oxygen atoms in total. The van der Waals surface area contributed by atoms with Gasteiger partial charge in [0, 0.05) is 25.9 Å². The summed E-state index contributed by atoms with van der Waals surface area (Å²) in [5.74, 6) is 0.738. The highest BCUT2D eigenvalue weighted by atomic mass is 16.5. The largest absolute Gasteiger partial charge is 0.490 e. The highest BCUT2D eigenvalue weighted by molar-refractivity contribution is 5.86. The number of ether oxygens (including phenoxy) is 3. The van der Waals surface area contributed by atoms with Crippen LogP contribution in [0.4, 0.5) is 0 Å². The Bertz CT molecular complexity index is 586. The van der Waals surface area contributed by atoms with Crippen molar-refractivity contribution in [2.75, 3.05) is 26.9 Å². The summed E-state index contributed by atoms with van der Waals surface area (Å²) in [6, 6.07) is 5.69. The van der Waals surface area contributed by atoms with Gasteiger partial charge in [-0.05, 0) is 17.7 Å². The van der Waals surface area contributed by atoms with Gasteiger partial charge in [0.05, 0.1) is 26.2 Å². The lowest BCUT2D eigenvalue weighted by atomic mass is 10.1. The quantitative estimate of drug-likeness (QED) is 0.789. The van der Waals surface area contributed by atoms with Crippen LogP contribution in [0.3, 0.4) is 0 Å². The van der Waals surface area contributed by atoms with Gasteiger partial charge in [-0.2, -0.15) is 0 Å². The molecule has 1 amide bonds. The normalized spacial score (nSPS) is 20.7. The SMILES string of the molecule is COC(=O)C1CC(=O)N(Cc2ccc3c(c2)OCCCO3)C1. The topological polar surface area (TPSA) is 65.1 Å². The first kappa shape index (κ1) is 14.7. The van der Waals surface area contributed by atoms with Crippen molar-refractivity contribution in [3.05, 3.63) is 23.8 Å². The Hall–Kier alpha value is -2.24. The van der Waals surface area contributed by atoms with Crippen LogP contribution in [0, 0.1) is 5.92 Å². The number of hydrogen-bond acceptors (Lipinski definition) is 5. The monoisotopic (exact) mass is 305 g/mol. The van der Waals surface area contributed by atoms with Crippen molar-refractivity contribution in [2.24, 2.45) is 5.92 Å². The molecule has 0 saturated carbocycles. The zero-order valence-electron chi connectivity index (χ0n) is 12.5. The van der Waals surface area contributed by atoms with Crippen molar-refractivity contribution in [1.82, 2.24) is 4.90 Å². The molecule has 1 saturated heterocycles. The summed E-state index contributed by atoms with van der Waals surface area (Å²) in [7, 11) is 1.35. The minimum absolute atomic E-state index is 0.0255. The van der Waals surface area contributed by atoms with Crippen LogP contribution < -0.4 is 9.47 Å². The Morgan fingerprint density at radius 2 is 2.09 bits per heavy atom. The number of methoxy groups -OCH3 is 1. The smallest absolute Gasteiger partial charge is 0.310 e. The second-order valence-electron chi connectivity index (χ2n) is 5.53. The van der Waals surface area contributed by atoms with Crippen LogP contribution >= 0.6 is 0 Å². The minimum atomic E-state index is -0.363. The van der Waals surface area contributed by atoms with Gasteiger partial charge in [0.1, 0.15) is 0 Å². The Morgan fingerprint density at radius 3 is 2.86 bits per heavy atom. The van der Waals surface area contributed by atoms with E-state index in [4.69, 9.17) is 14.2 Å². The standard InChI is InChI=1S/C16H19NO5/c1-20-16(19)12-8-15(18)17(10-12)9-11-3-4-13-14(7-11)22-6-2-5-21-13/h3-4,7,12H,2,5-6,8-10H2,1H3. The van der Waals surface area contributed by atoms with Gasteiger partial charge in [0.25, 0.3) is 0 Å². The number of carbonyl (C=O) groups is 2. The fourth-order valence-electron chi connectivity index (χ4n) is 2.78. The van der Waals surface area contributed by atoms with E-state index in [1.165, 1.54) is 7.11 Å². The molecule has 3 rings (SSSR count). The molecule has 6 heteroatoms. The van der Waals surface area contributed by atoms with Crippen LogP contribution in [0.1, 0.15) is 18.4 Å². The first-order valence-corrected chi connectivity index (χ1v) is 7.41. The summed E-state index contributed by atoms with van der Waals surface area (Å²) in [5, 5.41) is 0. The number of rotatable bonds is 3. The maximum atomic E-state index is 12.0. The fraction of sp³-hybridized carbons (Fsp3) is 0.500. The lowest BCUT2D eigenvalue weighted by Gasteiger charge is -2.17. The van der Waals surface area contributed by atoms with Gasteiger partial charge >= 0.3 is 5.97 Å². The number of nitrogens with zero attached hydrogens (tertiary/aromatic N) is 1. The van der Waals surface area contributed by atoms with Crippen molar-refractivity contribution in [3.8, 4) is 11.5 Å². The summed E-state index contributed by atoms with van der Waals surface area (Å²) in [5.41, 5.74) is 0.961. The molecule has 1 unspecified atom stereocenters. The second kappa shape index (κ2) is 6.25. The van der Waals surface area contributed by atoms with Crippen LogP contribution in [0.5, 0.6) is 11.5 Å². The van der Waals surface area contributed by atoms with Gasteiger partial charge < -0.3 is 19.1 Å². The van der Waals surface area contributed by atoms with E-state index >= 15 is 0 Å². The first-order chi connectivity index (χ1) is 10.7. The average Bonchev–Trinajstić information content (AvgIpc) is 2.74. The zero-order valence-corrected chi connectivity index (χ0v) is 12.5. The minimum Gasteiger partial charge on any atom is -0.490 e. The second-order valence-corrected chi connectivity index (χ2v) is 5.53. The predicted molar refractivity (Wildman–Crippen MR) is 77.6 cm³/mol. The molecule has 2 aliphatic rings. The Labute approximate surface area is 128 Å². The van der Waals surface area contributed by atoms with Gasteiger partial charge in [-0.1, -0.05) is 6.07 Å².